The van der Waals surface area contributed by atoms with E-state index in [0.717, 1.165) is 25.9 Å². The van der Waals surface area contributed by atoms with Crippen molar-refractivity contribution in [1.29, 1.82) is 0 Å². The normalized spacial score (nSPS) is 14.1. The van der Waals surface area contributed by atoms with Crippen LogP contribution in [0.2, 0.25) is 18.1 Å². The molecule has 3 heteroatoms. The molecule has 1 N–H and O–H groups in total. The summed E-state index contributed by atoms with van der Waals surface area (Å²) in [5.74, 6) is 0. The molecule has 0 aromatic rings. The van der Waals surface area contributed by atoms with Crippen LogP contribution in [-0.2, 0) is 4.43 Å². The lowest BCUT2D eigenvalue weighted by molar-refractivity contribution is 0.124. The summed E-state index contributed by atoms with van der Waals surface area (Å²) in [5, 5.41) is 10.4. The summed E-state index contributed by atoms with van der Waals surface area (Å²) in [6.07, 6.45) is 15.1. The lowest BCUT2D eigenvalue weighted by atomic mass is 10.0. The fourth-order valence-electron chi connectivity index (χ4n) is 2.68. The molecule has 0 aliphatic carbocycles. The number of rotatable bonds is 15. The van der Waals surface area contributed by atoms with Crippen LogP contribution in [0, 0.1) is 0 Å². The average Bonchev–Trinajstić information content (AvgIpc) is 2.48. The Morgan fingerprint density at radius 1 is 0.792 bits per heavy atom. The van der Waals surface area contributed by atoms with Crippen LogP contribution >= 0.6 is 0 Å². The quantitative estimate of drug-likeness (QED) is 0.250. The van der Waals surface area contributed by atoms with Crippen LogP contribution in [0.1, 0.15) is 105 Å². The Hall–Kier alpha value is 0.137. The van der Waals surface area contributed by atoms with Gasteiger partial charge in [-0.2, -0.15) is 0 Å². The zero-order chi connectivity index (χ0) is 18.5. The predicted octanol–water partition coefficient (Wildman–Crippen LogP) is 7.07. The molecule has 24 heavy (non-hydrogen) atoms. The molecular formula is C21H46O2Si. The Kier molecular flexibility index (Phi) is 13.4. The molecule has 0 unspecified atom stereocenters. The average molecular weight is 359 g/mol. The van der Waals surface area contributed by atoms with Crippen LogP contribution in [0.5, 0.6) is 0 Å². The molecule has 0 fully saturated rings. The summed E-state index contributed by atoms with van der Waals surface area (Å²) in [6, 6.07) is 0. The molecule has 0 bridgehead atoms. The van der Waals surface area contributed by atoms with Crippen molar-refractivity contribution in [3.8, 4) is 0 Å². The third-order valence-corrected chi connectivity index (χ3v) is 10.1. The molecule has 0 radical (unpaired) electrons. The van der Waals surface area contributed by atoms with Crippen LogP contribution in [0.15, 0.2) is 0 Å². The van der Waals surface area contributed by atoms with Crippen LogP contribution in [0.3, 0.4) is 0 Å². The van der Waals surface area contributed by atoms with Gasteiger partial charge in [0.2, 0.25) is 0 Å². The molecule has 0 spiro atoms. The van der Waals surface area contributed by atoms with Gasteiger partial charge in [-0.25, -0.2) is 0 Å². The second-order valence-electron chi connectivity index (χ2n) is 9.02. The topological polar surface area (TPSA) is 29.5 Å². The summed E-state index contributed by atoms with van der Waals surface area (Å²) in [7, 11) is -1.65. The minimum Gasteiger partial charge on any atom is -0.417 e. The number of aliphatic hydroxyl groups is 1. The molecule has 0 saturated carbocycles. The zero-order valence-corrected chi connectivity index (χ0v) is 18.6. The van der Waals surface area contributed by atoms with Crippen molar-refractivity contribution >= 4 is 8.32 Å². The largest absolute Gasteiger partial charge is 0.417 e. The monoisotopic (exact) mass is 358 g/mol. The van der Waals surface area contributed by atoms with E-state index in [4.69, 9.17) is 4.43 Å². The highest BCUT2D eigenvalue weighted by atomic mass is 28.4. The molecule has 0 heterocycles. The van der Waals surface area contributed by atoms with Gasteiger partial charge in [0.15, 0.2) is 8.32 Å². The van der Waals surface area contributed by atoms with Gasteiger partial charge < -0.3 is 9.53 Å². The smallest absolute Gasteiger partial charge is 0.191 e. The highest BCUT2D eigenvalue weighted by Gasteiger charge is 2.36. The summed E-state index contributed by atoms with van der Waals surface area (Å²) < 4.78 is 6.14. The Balaban J connectivity index is 3.46. The van der Waals surface area contributed by atoms with Crippen molar-refractivity contribution < 1.29 is 9.53 Å². The van der Waals surface area contributed by atoms with Crippen molar-refractivity contribution in [2.45, 2.75) is 129 Å². The second-order valence-corrected chi connectivity index (χ2v) is 13.8. The van der Waals surface area contributed by atoms with Crippen molar-refractivity contribution in [1.82, 2.24) is 0 Å². The maximum atomic E-state index is 10.1. The van der Waals surface area contributed by atoms with E-state index in [9.17, 15) is 5.11 Å². The summed E-state index contributed by atoms with van der Waals surface area (Å²) >= 11 is 0. The SMILES string of the molecule is CCCCCCCCCCCC[C@@H](O)CCO[Si](C)(C)C(C)(C)C. The number of aliphatic hydroxyl groups excluding tert-OH is 1. The van der Waals surface area contributed by atoms with Gasteiger partial charge in [0.25, 0.3) is 0 Å². The molecule has 146 valence electrons. The molecule has 0 aromatic heterocycles. The fourth-order valence-corrected chi connectivity index (χ4v) is 3.74. The minimum absolute atomic E-state index is 0.177. The van der Waals surface area contributed by atoms with Crippen molar-refractivity contribution in [2.75, 3.05) is 6.61 Å². The van der Waals surface area contributed by atoms with Crippen molar-refractivity contribution in [2.24, 2.45) is 0 Å². The molecule has 0 aromatic carbocycles. The predicted molar refractivity (Wildman–Crippen MR) is 110 cm³/mol. The van der Waals surface area contributed by atoms with Gasteiger partial charge >= 0.3 is 0 Å². The Morgan fingerprint density at radius 3 is 1.71 bits per heavy atom. The van der Waals surface area contributed by atoms with E-state index in [2.05, 4.69) is 40.8 Å². The molecule has 0 aliphatic heterocycles. The second kappa shape index (κ2) is 13.4. The molecular weight excluding hydrogens is 312 g/mol. The maximum Gasteiger partial charge on any atom is 0.191 e. The Bertz CT molecular complexity index is 284. The molecule has 0 saturated heterocycles. The van der Waals surface area contributed by atoms with E-state index in [1.165, 1.54) is 57.8 Å². The van der Waals surface area contributed by atoms with Crippen molar-refractivity contribution in [3.63, 3.8) is 0 Å². The molecule has 0 amide bonds. The van der Waals surface area contributed by atoms with Crippen molar-refractivity contribution in [3.05, 3.63) is 0 Å². The van der Waals surface area contributed by atoms with E-state index in [1.54, 1.807) is 0 Å². The van der Waals surface area contributed by atoms with Crippen LogP contribution in [0.25, 0.3) is 0 Å². The van der Waals surface area contributed by atoms with Gasteiger partial charge in [-0.15, -0.1) is 0 Å². The van der Waals surface area contributed by atoms with Gasteiger partial charge in [-0.05, 0) is 31.0 Å². The van der Waals surface area contributed by atoms with Crippen LogP contribution < -0.4 is 0 Å². The first kappa shape index (κ1) is 24.1. The lowest BCUT2D eigenvalue weighted by Crippen LogP contribution is -2.41. The van der Waals surface area contributed by atoms with Crippen LogP contribution in [0.4, 0.5) is 0 Å². The van der Waals surface area contributed by atoms with Gasteiger partial charge in [0, 0.05) is 6.61 Å². The zero-order valence-electron chi connectivity index (χ0n) is 17.6. The van der Waals surface area contributed by atoms with E-state index in [-0.39, 0.29) is 11.1 Å². The van der Waals surface area contributed by atoms with E-state index in [1.807, 2.05) is 0 Å². The third kappa shape index (κ3) is 12.5. The molecule has 1 atom stereocenters. The highest BCUT2D eigenvalue weighted by molar-refractivity contribution is 6.74. The highest BCUT2D eigenvalue weighted by Crippen LogP contribution is 2.36. The summed E-state index contributed by atoms with van der Waals surface area (Å²) in [4.78, 5) is 0. The first-order chi connectivity index (χ1) is 11.2. The minimum atomic E-state index is -1.65. The first-order valence-corrected chi connectivity index (χ1v) is 13.4. The standard InChI is InChI=1S/C21H46O2Si/c1-7-8-9-10-11-12-13-14-15-16-17-20(22)18-19-23-24(5,6)21(2,3)4/h20,22H,7-19H2,1-6H3/t20-/m1/s1. The van der Waals surface area contributed by atoms with Gasteiger partial charge in [0.05, 0.1) is 6.10 Å². The summed E-state index contributed by atoms with van der Waals surface area (Å²) in [5.41, 5.74) is 0. The maximum absolute atomic E-state index is 10.1. The van der Waals surface area contributed by atoms with Gasteiger partial charge in [-0.1, -0.05) is 91.9 Å². The van der Waals surface area contributed by atoms with E-state index in [0.29, 0.717) is 0 Å². The first-order valence-electron chi connectivity index (χ1n) is 10.5. The third-order valence-electron chi connectivity index (χ3n) is 5.61. The number of unbranched alkanes of at least 4 members (excludes halogenated alkanes) is 9. The van der Waals surface area contributed by atoms with Crippen LogP contribution in [-0.4, -0.2) is 26.1 Å². The van der Waals surface area contributed by atoms with Gasteiger partial charge in [0.1, 0.15) is 0 Å². The van der Waals surface area contributed by atoms with E-state index >= 15 is 0 Å². The Labute approximate surface area is 153 Å². The van der Waals surface area contributed by atoms with Gasteiger partial charge in [-0.3, -0.25) is 0 Å². The van der Waals surface area contributed by atoms with E-state index < -0.39 is 8.32 Å². The molecule has 0 rings (SSSR count). The lowest BCUT2D eigenvalue weighted by Gasteiger charge is -2.36. The summed E-state index contributed by atoms with van der Waals surface area (Å²) in [6.45, 7) is 14.3. The molecule has 0 aliphatic rings. The Morgan fingerprint density at radius 2 is 1.25 bits per heavy atom. The fraction of sp³-hybridized carbons (Fsp3) is 1.00. The number of hydrogen-bond donors (Lipinski definition) is 1. The number of hydrogen-bond acceptors (Lipinski definition) is 2. The molecule has 2 nitrogen and oxygen atoms in total.